The van der Waals surface area contributed by atoms with E-state index in [0.29, 0.717) is 18.2 Å². The first-order valence-corrected chi connectivity index (χ1v) is 7.15. The summed E-state index contributed by atoms with van der Waals surface area (Å²) in [5, 5.41) is 14.2. The lowest BCUT2D eigenvalue weighted by Crippen LogP contribution is -2.41. The van der Waals surface area contributed by atoms with Crippen molar-refractivity contribution in [1.82, 2.24) is 5.32 Å². The van der Waals surface area contributed by atoms with Gasteiger partial charge >= 0.3 is 0 Å². The Balaban J connectivity index is 2.03. The molecule has 0 aliphatic heterocycles. The zero-order valence-corrected chi connectivity index (χ0v) is 12.1. The van der Waals surface area contributed by atoms with E-state index < -0.39 is 0 Å². The second-order valence-corrected chi connectivity index (χ2v) is 5.35. The van der Waals surface area contributed by atoms with E-state index in [-0.39, 0.29) is 16.7 Å². The van der Waals surface area contributed by atoms with Crippen LogP contribution < -0.4 is 5.32 Å². The highest BCUT2D eigenvalue weighted by Gasteiger charge is 2.24. The number of hydrogen-bond acceptors (Lipinski definition) is 4. The summed E-state index contributed by atoms with van der Waals surface area (Å²) in [6.07, 6.45) is 4.82. The van der Waals surface area contributed by atoms with Crippen molar-refractivity contribution in [2.45, 2.75) is 51.4 Å². The maximum Gasteiger partial charge on any atom is 0.272 e. The number of hydrogen-bond donors (Lipinski definition) is 1. The fourth-order valence-corrected chi connectivity index (χ4v) is 2.85. The molecule has 1 aliphatic carbocycles. The molecule has 2 atom stereocenters. The third-order valence-corrected chi connectivity index (χ3v) is 4.14. The lowest BCUT2D eigenvalue weighted by molar-refractivity contribution is -0.385. The van der Waals surface area contributed by atoms with Gasteiger partial charge in [0.1, 0.15) is 0 Å². The molecule has 5 nitrogen and oxygen atoms in total. The van der Waals surface area contributed by atoms with Gasteiger partial charge in [-0.05, 0) is 32.4 Å². The van der Waals surface area contributed by atoms with Crippen molar-refractivity contribution in [2.24, 2.45) is 0 Å². The van der Waals surface area contributed by atoms with Crippen molar-refractivity contribution in [2.75, 3.05) is 7.05 Å². The minimum atomic E-state index is -0.337. The molecule has 0 bridgehead atoms. The van der Waals surface area contributed by atoms with Crippen molar-refractivity contribution < 1.29 is 9.66 Å². The molecule has 0 spiro atoms. The van der Waals surface area contributed by atoms with Crippen LogP contribution >= 0.6 is 0 Å². The van der Waals surface area contributed by atoms with Crippen molar-refractivity contribution >= 4 is 5.69 Å². The van der Waals surface area contributed by atoms with Gasteiger partial charge in [-0.1, -0.05) is 25.0 Å². The minimum Gasteiger partial charge on any atom is -0.372 e. The molecule has 2 unspecified atom stereocenters. The lowest BCUT2D eigenvalue weighted by atomic mass is 9.92. The maximum absolute atomic E-state index is 10.9. The van der Waals surface area contributed by atoms with Gasteiger partial charge in [0.05, 0.1) is 17.6 Å². The first-order valence-electron chi connectivity index (χ1n) is 7.15. The Morgan fingerprint density at radius 3 is 2.85 bits per heavy atom. The number of nitrogens with zero attached hydrogens (tertiary/aromatic N) is 1. The molecule has 110 valence electrons. The van der Waals surface area contributed by atoms with Crippen molar-refractivity contribution in [3.05, 3.63) is 39.4 Å². The Morgan fingerprint density at radius 1 is 1.40 bits per heavy atom. The van der Waals surface area contributed by atoms with Crippen LogP contribution in [-0.2, 0) is 11.3 Å². The second-order valence-electron chi connectivity index (χ2n) is 5.35. The summed E-state index contributed by atoms with van der Waals surface area (Å²) in [5.41, 5.74) is 1.77. The Hall–Kier alpha value is -1.46. The number of ether oxygens (including phenoxy) is 1. The fraction of sp³-hybridized carbons (Fsp3) is 0.600. The molecule has 0 saturated heterocycles. The van der Waals surface area contributed by atoms with E-state index in [4.69, 9.17) is 4.74 Å². The van der Waals surface area contributed by atoms with Crippen LogP contribution in [0.25, 0.3) is 0 Å². The first-order chi connectivity index (χ1) is 9.63. The van der Waals surface area contributed by atoms with Gasteiger partial charge in [0, 0.05) is 17.7 Å². The van der Waals surface area contributed by atoms with Crippen LogP contribution in [0.4, 0.5) is 5.69 Å². The van der Waals surface area contributed by atoms with Gasteiger partial charge in [-0.2, -0.15) is 0 Å². The molecule has 0 radical (unpaired) electrons. The van der Waals surface area contributed by atoms with Crippen LogP contribution in [0.15, 0.2) is 18.2 Å². The van der Waals surface area contributed by atoms with Crippen LogP contribution in [0.1, 0.15) is 36.8 Å². The molecule has 0 amide bonds. The highest BCUT2D eigenvalue weighted by atomic mass is 16.6. The largest absolute Gasteiger partial charge is 0.372 e. The molecule has 1 N–H and O–H groups in total. The molecule has 0 heterocycles. The summed E-state index contributed by atoms with van der Waals surface area (Å²) >= 11 is 0. The van der Waals surface area contributed by atoms with Gasteiger partial charge in [0.2, 0.25) is 0 Å². The zero-order chi connectivity index (χ0) is 14.5. The monoisotopic (exact) mass is 278 g/mol. The second kappa shape index (κ2) is 6.81. The Bertz CT molecular complexity index is 476. The zero-order valence-electron chi connectivity index (χ0n) is 12.1. The quantitative estimate of drug-likeness (QED) is 0.664. The van der Waals surface area contributed by atoms with Crippen LogP contribution in [0.3, 0.4) is 0 Å². The third-order valence-electron chi connectivity index (χ3n) is 4.14. The SMILES string of the molecule is CNC1CCCCC1OCc1cccc([N+](=O)[O-])c1C. The maximum atomic E-state index is 10.9. The van der Waals surface area contributed by atoms with Crippen molar-refractivity contribution in [3.63, 3.8) is 0 Å². The predicted octanol–water partition coefficient (Wildman–Crippen LogP) is 2.95. The summed E-state index contributed by atoms with van der Waals surface area (Å²) in [4.78, 5) is 10.6. The molecular weight excluding hydrogens is 256 g/mol. The van der Waals surface area contributed by atoms with E-state index in [1.807, 2.05) is 13.1 Å². The summed E-state index contributed by atoms with van der Waals surface area (Å²) in [6.45, 7) is 2.23. The molecule has 5 heteroatoms. The average Bonchev–Trinajstić information content (AvgIpc) is 2.46. The molecule has 1 fully saturated rings. The third kappa shape index (κ3) is 3.35. The number of nitrogens with one attached hydrogen (secondary N) is 1. The number of nitro benzene ring substituents is 1. The Labute approximate surface area is 119 Å². The summed E-state index contributed by atoms with van der Waals surface area (Å²) in [6, 6.07) is 5.55. The van der Waals surface area contributed by atoms with E-state index in [2.05, 4.69) is 5.32 Å². The van der Waals surface area contributed by atoms with Crippen LogP contribution in [0.2, 0.25) is 0 Å². The minimum absolute atomic E-state index is 0.167. The lowest BCUT2D eigenvalue weighted by Gasteiger charge is -2.31. The van der Waals surface area contributed by atoms with Crippen molar-refractivity contribution in [3.8, 4) is 0 Å². The summed E-state index contributed by atoms with van der Waals surface area (Å²) < 4.78 is 6.00. The predicted molar refractivity (Wildman–Crippen MR) is 77.7 cm³/mol. The topological polar surface area (TPSA) is 64.4 Å². The number of likely N-dealkylation sites (N-methyl/N-ethyl adjacent to an activating group) is 1. The average molecular weight is 278 g/mol. The van der Waals surface area contributed by atoms with Crippen LogP contribution in [0, 0.1) is 17.0 Å². The smallest absolute Gasteiger partial charge is 0.272 e. The summed E-state index contributed by atoms with van der Waals surface area (Å²) in [7, 11) is 1.96. The number of rotatable bonds is 5. The van der Waals surface area contributed by atoms with Crippen molar-refractivity contribution in [1.29, 1.82) is 0 Å². The Kier molecular flexibility index (Phi) is 5.09. The molecule has 1 aromatic carbocycles. The number of benzene rings is 1. The van der Waals surface area contributed by atoms with Gasteiger partial charge in [-0.3, -0.25) is 10.1 Å². The highest BCUT2D eigenvalue weighted by molar-refractivity contribution is 5.44. The molecular formula is C15H22N2O3. The van der Waals surface area contributed by atoms with Gasteiger partial charge in [0.25, 0.3) is 5.69 Å². The van der Waals surface area contributed by atoms with Gasteiger partial charge in [0.15, 0.2) is 0 Å². The van der Waals surface area contributed by atoms with Crippen LogP contribution in [0.5, 0.6) is 0 Å². The first kappa shape index (κ1) is 14.9. The molecule has 20 heavy (non-hydrogen) atoms. The normalized spacial score (nSPS) is 22.7. The van der Waals surface area contributed by atoms with E-state index in [1.165, 1.54) is 18.9 Å². The van der Waals surface area contributed by atoms with Gasteiger partial charge in [-0.25, -0.2) is 0 Å². The van der Waals surface area contributed by atoms with E-state index >= 15 is 0 Å². The van der Waals surface area contributed by atoms with E-state index in [1.54, 1.807) is 13.0 Å². The van der Waals surface area contributed by atoms with E-state index in [9.17, 15) is 10.1 Å². The standard InChI is InChI=1S/C15H22N2O3/c1-11-12(6-5-8-14(11)17(18)19)10-20-15-9-4-3-7-13(15)16-2/h5-6,8,13,15-16H,3-4,7,9-10H2,1-2H3. The summed E-state index contributed by atoms with van der Waals surface area (Å²) in [5.74, 6) is 0. The Morgan fingerprint density at radius 2 is 2.15 bits per heavy atom. The number of nitro groups is 1. The molecule has 0 aromatic heterocycles. The van der Waals surface area contributed by atoms with E-state index in [0.717, 1.165) is 18.4 Å². The van der Waals surface area contributed by atoms with Gasteiger partial charge in [-0.15, -0.1) is 0 Å². The molecule has 1 aliphatic rings. The van der Waals surface area contributed by atoms with Crippen LogP contribution in [-0.4, -0.2) is 24.1 Å². The fourth-order valence-electron chi connectivity index (χ4n) is 2.85. The van der Waals surface area contributed by atoms with Gasteiger partial charge < -0.3 is 10.1 Å². The highest BCUT2D eigenvalue weighted by Crippen LogP contribution is 2.25. The molecule has 2 rings (SSSR count). The molecule has 1 saturated carbocycles. The molecule has 1 aromatic rings.